The highest BCUT2D eigenvalue weighted by Gasteiger charge is 2.19. The molecule has 17 heavy (non-hydrogen) atoms. The third-order valence-corrected chi connectivity index (χ3v) is 3.17. The summed E-state index contributed by atoms with van der Waals surface area (Å²) in [6.45, 7) is 5.33. The fourth-order valence-electron chi connectivity index (χ4n) is 1.26. The van der Waals surface area contributed by atoms with Crippen molar-refractivity contribution in [1.29, 1.82) is 0 Å². The molecule has 0 spiro atoms. The van der Waals surface area contributed by atoms with Crippen molar-refractivity contribution in [1.82, 2.24) is 4.98 Å². The van der Waals surface area contributed by atoms with Crippen molar-refractivity contribution >= 4 is 39.7 Å². The van der Waals surface area contributed by atoms with Gasteiger partial charge in [0, 0.05) is 14.1 Å². The lowest BCUT2D eigenvalue weighted by Gasteiger charge is -2.05. The Hall–Kier alpha value is -1.69. The number of thiazole rings is 1. The van der Waals surface area contributed by atoms with Crippen molar-refractivity contribution in [3.05, 3.63) is 11.8 Å². The summed E-state index contributed by atoms with van der Waals surface area (Å²) in [4.78, 5) is 21.1. The number of anilines is 1. The molecule has 0 bridgehead atoms. The number of hydrogen-bond donors (Lipinski definition) is 1. The molecule has 6 heteroatoms. The molecular weight excluding hydrogens is 238 g/mol. The summed E-state index contributed by atoms with van der Waals surface area (Å²) in [7, 11) is 3.69. The SMILES string of the molecule is C=Nc1sc(N(C)C)nc1/C(=C/CC)C(=O)O. The number of nitrogens with zero attached hydrogens (tertiary/aromatic N) is 3. The van der Waals surface area contributed by atoms with E-state index in [0.717, 1.165) is 0 Å². The van der Waals surface area contributed by atoms with Gasteiger partial charge in [0.2, 0.25) is 0 Å². The van der Waals surface area contributed by atoms with Gasteiger partial charge in [0.25, 0.3) is 0 Å². The molecule has 0 fully saturated rings. The zero-order chi connectivity index (χ0) is 13.0. The van der Waals surface area contributed by atoms with Crippen LogP contribution in [0.5, 0.6) is 0 Å². The largest absolute Gasteiger partial charge is 0.478 e. The highest BCUT2D eigenvalue weighted by atomic mass is 32.1. The standard InChI is InChI=1S/C11H15N3O2S/c1-5-6-7(10(15)16)8-9(12-2)17-11(13-8)14(3)4/h6H,2,5H2,1,3-4H3,(H,15,16)/b7-6-. The zero-order valence-electron chi connectivity index (χ0n) is 10.1. The number of aromatic nitrogens is 1. The molecule has 1 rings (SSSR count). The van der Waals surface area contributed by atoms with Crippen LogP contribution in [0, 0.1) is 0 Å². The Morgan fingerprint density at radius 3 is 2.71 bits per heavy atom. The van der Waals surface area contributed by atoms with Gasteiger partial charge < -0.3 is 10.0 Å². The molecule has 1 heterocycles. The molecule has 0 saturated heterocycles. The number of rotatable bonds is 5. The van der Waals surface area contributed by atoms with Crippen LogP contribution in [0.1, 0.15) is 19.0 Å². The van der Waals surface area contributed by atoms with Gasteiger partial charge in [-0.2, -0.15) is 0 Å². The predicted molar refractivity (Wildman–Crippen MR) is 71.6 cm³/mol. The number of allylic oxidation sites excluding steroid dienone is 1. The second-order valence-electron chi connectivity index (χ2n) is 3.53. The number of carboxylic acids is 1. The van der Waals surface area contributed by atoms with Gasteiger partial charge in [-0.15, -0.1) is 0 Å². The fraction of sp³-hybridized carbons (Fsp3) is 0.364. The molecule has 92 valence electrons. The Morgan fingerprint density at radius 1 is 1.65 bits per heavy atom. The molecule has 1 aromatic rings. The van der Waals surface area contributed by atoms with Crippen LogP contribution < -0.4 is 4.90 Å². The number of hydrogen-bond acceptors (Lipinski definition) is 5. The van der Waals surface area contributed by atoms with E-state index in [2.05, 4.69) is 16.7 Å². The zero-order valence-corrected chi connectivity index (χ0v) is 10.9. The topological polar surface area (TPSA) is 65.8 Å². The molecule has 0 aromatic carbocycles. The Balaban J connectivity index is 3.32. The summed E-state index contributed by atoms with van der Waals surface area (Å²) in [5, 5.41) is 10.4. The first-order valence-electron chi connectivity index (χ1n) is 5.10. The normalized spacial score (nSPS) is 11.4. The smallest absolute Gasteiger partial charge is 0.337 e. The summed E-state index contributed by atoms with van der Waals surface area (Å²) < 4.78 is 0. The van der Waals surface area contributed by atoms with Crippen LogP contribution >= 0.6 is 11.3 Å². The Morgan fingerprint density at radius 2 is 2.29 bits per heavy atom. The summed E-state index contributed by atoms with van der Waals surface area (Å²) in [5.41, 5.74) is 0.572. The fourth-order valence-corrected chi connectivity index (χ4v) is 2.07. The molecule has 0 aliphatic heterocycles. The van der Waals surface area contributed by atoms with Crippen LogP contribution in [-0.2, 0) is 4.79 Å². The number of carbonyl (C=O) groups is 1. The maximum atomic E-state index is 11.2. The lowest BCUT2D eigenvalue weighted by Crippen LogP contribution is -2.08. The van der Waals surface area contributed by atoms with Crippen molar-refractivity contribution in [2.75, 3.05) is 19.0 Å². The lowest BCUT2D eigenvalue weighted by atomic mass is 10.1. The van der Waals surface area contributed by atoms with Crippen LogP contribution in [0.2, 0.25) is 0 Å². The van der Waals surface area contributed by atoms with E-state index in [1.54, 1.807) is 6.08 Å². The van der Waals surface area contributed by atoms with Crippen LogP contribution in [0.4, 0.5) is 10.1 Å². The minimum Gasteiger partial charge on any atom is -0.478 e. The summed E-state index contributed by atoms with van der Waals surface area (Å²) in [5.74, 6) is -0.993. The van der Waals surface area contributed by atoms with Crippen LogP contribution in [0.3, 0.4) is 0 Å². The molecule has 0 aliphatic carbocycles. The minimum atomic E-state index is -0.993. The number of aliphatic imine (C=N–C) groups is 1. The molecule has 0 radical (unpaired) electrons. The average molecular weight is 253 g/mol. The first kappa shape index (κ1) is 13.4. The predicted octanol–water partition coefficient (Wildman–Crippen LogP) is 2.42. The van der Waals surface area contributed by atoms with Gasteiger partial charge in [-0.25, -0.2) is 9.78 Å². The Labute approximate surface area is 104 Å². The van der Waals surface area contributed by atoms with E-state index in [4.69, 9.17) is 5.11 Å². The van der Waals surface area contributed by atoms with Gasteiger partial charge in [0.15, 0.2) is 5.13 Å². The first-order chi connectivity index (χ1) is 8.01. The van der Waals surface area contributed by atoms with Crippen molar-refractivity contribution in [3.63, 3.8) is 0 Å². The third kappa shape index (κ3) is 2.91. The van der Waals surface area contributed by atoms with Crippen molar-refractivity contribution < 1.29 is 9.90 Å². The van der Waals surface area contributed by atoms with Crippen molar-refractivity contribution in [2.45, 2.75) is 13.3 Å². The van der Waals surface area contributed by atoms with Gasteiger partial charge in [0.1, 0.15) is 10.7 Å². The average Bonchev–Trinajstić information content (AvgIpc) is 2.69. The molecular formula is C11H15N3O2S. The monoisotopic (exact) mass is 253 g/mol. The van der Waals surface area contributed by atoms with Crippen LogP contribution in [-0.4, -0.2) is 36.9 Å². The summed E-state index contributed by atoms with van der Waals surface area (Å²) >= 11 is 1.32. The van der Waals surface area contributed by atoms with E-state index in [1.807, 2.05) is 25.9 Å². The van der Waals surface area contributed by atoms with E-state index in [1.165, 1.54) is 11.3 Å². The second-order valence-corrected chi connectivity index (χ2v) is 4.49. The third-order valence-electron chi connectivity index (χ3n) is 2.02. The molecule has 1 N–H and O–H groups in total. The maximum absolute atomic E-state index is 11.2. The highest BCUT2D eigenvalue weighted by molar-refractivity contribution is 7.19. The van der Waals surface area contributed by atoms with Gasteiger partial charge in [-0.05, 0) is 13.1 Å². The molecule has 0 saturated carbocycles. The van der Waals surface area contributed by atoms with E-state index >= 15 is 0 Å². The van der Waals surface area contributed by atoms with Gasteiger partial charge in [-0.1, -0.05) is 24.3 Å². The molecule has 0 amide bonds. The highest BCUT2D eigenvalue weighted by Crippen LogP contribution is 2.36. The second kappa shape index (κ2) is 5.58. The number of aliphatic carboxylic acids is 1. The Kier molecular flexibility index (Phi) is 4.39. The van der Waals surface area contributed by atoms with Crippen molar-refractivity contribution in [3.8, 4) is 0 Å². The van der Waals surface area contributed by atoms with E-state index < -0.39 is 5.97 Å². The summed E-state index contributed by atoms with van der Waals surface area (Å²) in [6, 6.07) is 0. The van der Waals surface area contributed by atoms with Gasteiger partial charge >= 0.3 is 5.97 Å². The lowest BCUT2D eigenvalue weighted by molar-refractivity contribution is -0.130. The molecule has 5 nitrogen and oxygen atoms in total. The Bertz CT molecular complexity index is 463. The molecule has 0 unspecified atom stereocenters. The molecule has 1 aromatic heterocycles. The van der Waals surface area contributed by atoms with E-state index in [0.29, 0.717) is 22.2 Å². The van der Waals surface area contributed by atoms with E-state index in [9.17, 15) is 4.79 Å². The molecule has 0 atom stereocenters. The number of carboxylic acid groups (broad SMARTS) is 1. The maximum Gasteiger partial charge on any atom is 0.337 e. The van der Waals surface area contributed by atoms with E-state index in [-0.39, 0.29) is 5.57 Å². The van der Waals surface area contributed by atoms with Crippen LogP contribution in [0.15, 0.2) is 11.1 Å². The quantitative estimate of drug-likeness (QED) is 0.646. The van der Waals surface area contributed by atoms with Gasteiger partial charge in [-0.3, -0.25) is 4.99 Å². The summed E-state index contributed by atoms with van der Waals surface area (Å²) in [6.07, 6.45) is 2.26. The minimum absolute atomic E-state index is 0.180. The first-order valence-corrected chi connectivity index (χ1v) is 5.91. The van der Waals surface area contributed by atoms with Gasteiger partial charge in [0.05, 0.1) is 5.57 Å². The van der Waals surface area contributed by atoms with Crippen molar-refractivity contribution in [2.24, 2.45) is 4.99 Å². The molecule has 0 aliphatic rings. The van der Waals surface area contributed by atoms with Crippen LogP contribution in [0.25, 0.3) is 5.57 Å².